The molecule has 0 aliphatic carbocycles. The lowest BCUT2D eigenvalue weighted by Crippen LogP contribution is -2.33. The van der Waals surface area contributed by atoms with Crippen LogP contribution >= 0.6 is 0 Å². The standard InChI is InChI=1S/C19H22N2O2/c1-13-7-9-16(10-8-13)11-18(22)20-12-19(23)21-17-6-4-5-14(2)15(17)3/h4-10H,11-12H2,1-3H3,(H,20,22)(H,21,23). The fourth-order valence-corrected chi connectivity index (χ4v) is 2.21. The molecule has 0 saturated heterocycles. The smallest absolute Gasteiger partial charge is 0.243 e. The summed E-state index contributed by atoms with van der Waals surface area (Å²) >= 11 is 0. The first-order valence-electron chi connectivity index (χ1n) is 7.64. The molecular weight excluding hydrogens is 288 g/mol. The van der Waals surface area contributed by atoms with Gasteiger partial charge in [0, 0.05) is 5.69 Å². The lowest BCUT2D eigenvalue weighted by molar-refractivity contribution is -0.123. The molecule has 2 rings (SSSR count). The van der Waals surface area contributed by atoms with Gasteiger partial charge in [0.25, 0.3) is 0 Å². The normalized spacial score (nSPS) is 10.2. The van der Waals surface area contributed by atoms with E-state index < -0.39 is 0 Å². The van der Waals surface area contributed by atoms with Crippen molar-refractivity contribution < 1.29 is 9.59 Å². The van der Waals surface area contributed by atoms with E-state index in [0.29, 0.717) is 0 Å². The molecule has 0 aromatic heterocycles. The summed E-state index contributed by atoms with van der Waals surface area (Å²) in [6.07, 6.45) is 0.275. The number of carbonyl (C=O) groups excluding carboxylic acids is 2. The maximum absolute atomic E-state index is 12.0. The molecule has 0 aliphatic rings. The minimum absolute atomic E-state index is 0.0297. The largest absolute Gasteiger partial charge is 0.347 e. The third-order valence-corrected chi connectivity index (χ3v) is 3.81. The number of hydrogen-bond acceptors (Lipinski definition) is 2. The molecular formula is C19H22N2O2. The van der Waals surface area contributed by atoms with E-state index in [2.05, 4.69) is 10.6 Å². The lowest BCUT2D eigenvalue weighted by atomic mass is 10.1. The van der Waals surface area contributed by atoms with Gasteiger partial charge in [-0.15, -0.1) is 0 Å². The van der Waals surface area contributed by atoms with Crippen LogP contribution in [0.3, 0.4) is 0 Å². The second kappa shape index (κ2) is 7.58. The number of aryl methyl sites for hydroxylation is 2. The van der Waals surface area contributed by atoms with Gasteiger partial charge in [0.05, 0.1) is 13.0 Å². The van der Waals surface area contributed by atoms with Crippen molar-refractivity contribution in [1.82, 2.24) is 5.32 Å². The number of benzene rings is 2. The summed E-state index contributed by atoms with van der Waals surface area (Å²) in [4.78, 5) is 23.8. The number of nitrogens with one attached hydrogen (secondary N) is 2. The fraction of sp³-hybridized carbons (Fsp3) is 0.263. The van der Waals surface area contributed by atoms with E-state index >= 15 is 0 Å². The highest BCUT2D eigenvalue weighted by atomic mass is 16.2. The monoisotopic (exact) mass is 310 g/mol. The van der Waals surface area contributed by atoms with Gasteiger partial charge in [0.15, 0.2) is 0 Å². The predicted octanol–water partition coefficient (Wildman–Crippen LogP) is 2.91. The second-order valence-electron chi connectivity index (χ2n) is 5.73. The summed E-state index contributed by atoms with van der Waals surface area (Å²) in [5.74, 6) is -0.388. The molecule has 2 aromatic carbocycles. The molecule has 23 heavy (non-hydrogen) atoms. The molecule has 4 nitrogen and oxygen atoms in total. The van der Waals surface area contributed by atoms with Crippen molar-refractivity contribution in [3.63, 3.8) is 0 Å². The van der Waals surface area contributed by atoms with Crippen LogP contribution in [0.25, 0.3) is 0 Å². The zero-order valence-corrected chi connectivity index (χ0v) is 13.8. The van der Waals surface area contributed by atoms with E-state index in [0.717, 1.165) is 27.9 Å². The van der Waals surface area contributed by atoms with Gasteiger partial charge in [-0.3, -0.25) is 9.59 Å². The van der Waals surface area contributed by atoms with Crippen molar-refractivity contribution in [2.75, 3.05) is 11.9 Å². The first-order valence-corrected chi connectivity index (χ1v) is 7.64. The van der Waals surface area contributed by atoms with Crippen molar-refractivity contribution >= 4 is 17.5 Å². The van der Waals surface area contributed by atoms with Gasteiger partial charge in [-0.1, -0.05) is 42.0 Å². The molecule has 0 aliphatic heterocycles. The minimum atomic E-state index is -0.226. The number of rotatable bonds is 5. The zero-order chi connectivity index (χ0) is 16.8. The molecule has 4 heteroatoms. The highest BCUT2D eigenvalue weighted by molar-refractivity contribution is 5.95. The van der Waals surface area contributed by atoms with Crippen LogP contribution in [0.4, 0.5) is 5.69 Å². The summed E-state index contributed by atoms with van der Waals surface area (Å²) in [5.41, 5.74) is 5.02. The summed E-state index contributed by atoms with van der Waals surface area (Å²) in [7, 11) is 0. The SMILES string of the molecule is Cc1ccc(CC(=O)NCC(=O)Nc2cccc(C)c2C)cc1. The Kier molecular flexibility index (Phi) is 5.52. The molecule has 2 amide bonds. The van der Waals surface area contributed by atoms with E-state index in [1.165, 1.54) is 0 Å². The van der Waals surface area contributed by atoms with Gasteiger partial charge in [-0.2, -0.15) is 0 Å². The Morgan fingerprint density at radius 2 is 1.61 bits per heavy atom. The molecule has 0 saturated carbocycles. The molecule has 0 radical (unpaired) electrons. The lowest BCUT2D eigenvalue weighted by Gasteiger charge is -2.11. The molecule has 2 N–H and O–H groups in total. The van der Waals surface area contributed by atoms with Crippen LogP contribution in [-0.4, -0.2) is 18.4 Å². The van der Waals surface area contributed by atoms with E-state index in [4.69, 9.17) is 0 Å². The number of anilines is 1. The molecule has 2 aromatic rings. The molecule has 0 fully saturated rings. The molecule has 0 bridgehead atoms. The molecule has 0 heterocycles. The van der Waals surface area contributed by atoms with E-state index in [1.807, 2.05) is 63.2 Å². The predicted molar refractivity (Wildman–Crippen MR) is 92.4 cm³/mol. The number of carbonyl (C=O) groups is 2. The van der Waals surface area contributed by atoms with Crippen molar-refractivity contribution in [2.45, 2.75) is 27.2 Å². The van der Waals surface area contributed by atoms with Crippen molar-refractivity contribution in [3.05, 3.63) is 64.7 Å². The Hall–Kier alpha value is -2.62. The average molecular weight is 310 g/mol. The molecule has 0 spiro atoms. The van der Waals surface area contributed by atoms with Gasteiger partial charge < -0.3 is 10.6 Å². The Bertz CT molecular complexity index is 706. The van der Waals surface area contributed by atoms with E-state index in [9.17, 15) is 9.59 Å². The van der Waals surface area contributed by atoms with E-state index in [1.54, 1.807) is 0 Å². The van der Waals surface area contributed by atoms with Crippen molar-refractivity contribution in [1.29, 1.82) is 0 Å². The van der Waals surface area contributed by atoms with Crippen LogP contribution in [0.1, 0.15) is 22.3 Å². The van der Waals surface area contributed by atoms with Gasteiger partial charge in [-0.05, 0) is 43.5 Å². The van der Waals surface area contributed by atoms with Crippen LogP contribution in [0, 0.1) is 20.8 Å². The van der Waals surface area contributed by atoms with E-state index in [-0.39, 0.29) is 24.8 Å². The Morgan fingerprint density at radius 3 is 2.30 bits per heavy atom. The molecule has 0 atom stereocenters. The quantitative estimate of drug-likeness (QED) is 0.892. The van der Waals surface area contributed by atoms with Crippen LogP contribution in [-0.2, 0) is 16.0 Å². The van der Waals surface area contributed by atoms with Crippen molar-refractivity contribution in [2.24, 2.45) is 0 Å². The molecule has 0 unspecified atom stereocenters. The summed E-state index contributed by atoms with van der Waals surface area (Å²) in [6.45, 7) is 5.93. The Balaban J connectivity index is 1.83. The van der Waals surface area contributed by atoms with Gasteiger partial charge in [0.1, 0.15) is 0 Å². The highest BCUT2D eigenvalue weighted by Crippen LogP contribution is 2.17. The maximum Gasteiger partial charge on any atom is 0.243 e. The second-order valence-corrected chi connectivity index (χ2v) is 5.73. The number of amides is 2. The van der Waals surface area contributed by atoms with Crippen molar-refractivity contribution in [3.8, 4) is 0 Å². The Morgan fingerprint density at radius 1 is 0.913 bits per heavy atom. The van der Waals surface area contributed by atoms with Crippen LogP contribution in [0.2, 0.25) is 0 Å². The van der Waals surface area contributed by atoms with Crippen LogP contribution in [0.5, 0.6) is 0 Å². The first kappa shape index (κ1) is 16.7. The maximum atomic E-state index is 12.0. The summed E-state index contributed by atoms with van der Waals surface area (Å²) < 4.78 is 0. The zero-order valence-electron chi connectivity index (χ0n) is 13.8. The summed E-state index contributed by atoms with van der Waals surface area (Å²) in [5, 5.41) is 5.47. The number of hydrogen-bond donors (Lipinski definition) is 2. The first-order chi connectivity index (χ1) is 11.0. The topological polar surface area (TPSA) is 58.2 Å². The van der Waals surface area contributed by atoms with Crippen LogP contribution < -0.4 is 10.6 Å². The van der Waals surface area contributed by atoms with Crippen LogP contribution in [0.15, 0.2) is 42.5 Å². The average Bonchev–Trinajstić information content (AvgIpc) is 2.52. The molecule has 120 valence electrons. The fourth-order valence-electron chi connectivity index (χ4n) is 2.21. The Labute approximate surface area is 136 Å². The van der Waals surface area contributed by atoms with Gasteiger partial charge in [0.2, 0.25) is 11.8 Å². The third kappa shape index (κ3) is 4.95. The highest BCUT2D eigenvalue weighted by Gasteiger charge is 2.08. The summed E-state index contributed by atoms with van der Waals surface area (Å²) in [6, 6.07) is 13.5. The minimum Gasteiger partial charge on any atom is -0.347 e. The van der Waals surface area contributed by atoms with Gasteiger partial charge >= 0.3 is 0 Å². The van der Waals surface area contributed by atoms with Gasteiger partial charge in [-0.25, -0.2) is 0 Å². The third-order valence-electron chi connectivity index (χ3n) is 3.81.